The summed E-state index contributed by atoms with van der Waals surface area (Å²) in [5, 5.41) is 0.722. The van der Waals surface area contributed by atoms with Crippen LogP contribution in [0.3, 0.4) is 0 Å². The predicted molar refractivity (Wildman–Crippen MR) is 106 cm³/mol. The SMILES string of the molecule is C[C@@H](Br)[C@H](Br)c1nsc2ccc(-n3c(=O)cc(C(F)(F)F)n(C)c3=O)cc12. The quantitative estimate of drug-likeness (QED) is 0.476. The Kier molecular flexibility index (Phi) is 5.39. The molecule has 0 spiro atoms. The molecule has 0 aliphatic heterocycles. The van der Waals surface area contributed by atoms with Crippen LogP contribution < -0.4 is 11.2 Å². The van der Waals surface area contributed by atoms with E-state index in [-0.39, 0.29) is 15.3 Å². The Morgan fingerprint density at radius 3 is 2.44 bits per heavy atom. The fourth-order valence-corrected chi connectivity index (χ4v) is 4.17. The molecule has 0 aliphatic rings. The largest absolute Gasteiger partial charge is 0.431 e. The van der Waals surface area contributed by atoms with E-state index in [0.717, 1.165) is 27.4 Å². The molecule has 11 heteroatoms. The van der Waals surface area contributed by atoms with Gasteiger partial charge in [-0.3, -0.25) is 9.36 Å². The molecular formula is C16H12Br2F3N3O2S. The van der Waals surface area contributed by atoms with Crippen molar-refractivity contribution < 1.29 is 13.2 Å². The minimum Gasteiger partial charge on any atom is -0.292 e. The number of alkyl halides is 5. The fourth-order valence-electron chi connectivity index (χ4n) is 2.64. The Labute approximate surface area is 171 Å². The smallest absolute Gasteiger partial charge is 0.292 e. The molecule has 0 amide bonds. The fraction of sp³-hybridized carbons (Fsp3) is 0.312. The molecule has 3 rings (SSSR count). The third-order valence-corrected chi connectivity index (χ3v) is 7.32. The lowest BCUT2D eigenvalue weighted by Gasteiger charge is -2.14. The van der Waals surface area contributed by atoms with Crippen molar-refractivity contribution in [3.8, 4) is 5.69 Å². The van der Waals surface area contributed by atoms with Gasteiger partial charge in [0, 0.05) is 23.3 Å². The summed E-state index contributed by atoms with van der Waals surface area (Å²) >= 11 is 8.27. The van der Waals surface area contributed by atoms with E-state index in [1.807, 2.05) is 6.92 Å². The van der Waals surface area contributed by atoms with Crippen LogP contribution in [-0.4, -0.2) is 18.3 Å². The zero-order valence-corrected chi connectivity index (χ0v) is 17.9. The van der Waals surface area contributed by atoms with Crippen LogP contribution in [0.2, 0.25) is 0 Å². The molecule has 0 aliphatic carbocycles. The van der Waals surface area contributed by atoms with Gasteiger partial charge >= 0.3 is 11.9 Å². The maximum absolute atomic E-state index is 13.0. The first-order valence-electron chi connectivity index (χ1n) is 7.60. The molecule has 0 radical (unpaired) electrons. The van der Waals surface area contributed by atoms with Gasteiger partial charge in [0.2, 0.25) is 0 Å². The highest BCUT2D eigenvalue weighted by Gasteiger charge is 2.35. The number of rotatable bonds is 3. The molecule has 0 unspecified atom stereocenters. The van der Waals surface area contributed by atoms with Crippen molar-refractivity contribution in [2.45, 2.75) is 22.8 Å². The number of nitrogens with zero attached hydrogens (tertiary/aromatic N) is 3. The van der Waals surface area contributed by atoms with Crippen LogP contribution in [0.5, 0.6) is 0 Å². The van der Waals surface area contributed by atoms with Crippen LogP contribution in [0.15, 0.2) is 33.9 Å². The first-order valence-corrected chi connectivity index (χ1v) is 10.2. The molecule has 0 bridgehead atoms. The van der Waals surface area contributed by atoms with Crippen LogP contribution in [0, 0.1) is 0 Å². The summed E-state index contributed by atoms with van der Waals surface area (Å²) < 4.78 is 45.4. The van der Waals surface area contributed by atoms with Gasteiger partial charge in [-0.1, -0.05) is 38.8 Å². The Morgan fingerprint density at radius 1 is 1.19 bits per heavy atom. The molecule has 0 fully saturated rings. The monoisotopic (exact) mass is 525 g/mol. The van der Waals surface area contributed by atoms with Gasteiger partial charge in [0.15, 0.2) is 0 Å². The molecule has 0 N–H and O–H groups in total. The van der Waals surface area contributed by atoms with Crippen molar-refractivity contribution in [1.82, 2.24) is 13.5 Å². The summed E-state index contributed by atoms with van der Waals surface area (Å²) in [5.41, 5.74) is -2.49. The second-order valence-electron chi connectivity index (χ2n) is 5.87. The second kappa shape index (κ2) is 7.17. The van der Waals surface area contributed by atoms with Crippen LogP contribution >= 0.6 is 43.4 Å². The van der Waals surface area contributed by atoms with Gasteiger partial charge in [0.1, 0.15) is 5.69 Å². The molecule has 2 aromatic heterocycles. The third kappa shape index (κ3) is 3.64. The number of halogens is 5. The summed E-state index contributed by atoms with van der Waals surface area (Å²) in [6, 6.07) is 5.22. The van der Waals surface area contributed by atoms with Crippen molar-refractivity contribution in [3.63, 3.8) is 0 Å². The van der Waals surface area contributed by atoms with Crippen LogP contribution in [-0.2, 0) is 13.2 Å². The van der Waals surface area contributed by atoms with E-state index in [2.05, 4.69) is 36.2 Å². The first-order chi connectivity index (χ1) is 12.5. The Balaban J connectivity index is 2.25. The highest BCUT2D eigenvalue weighted by molar-refractivity contribution is 9.12. The first kappa shape index (κ1) is 20.3. The standard InChI is InChI=1S/C16H12Br2F3N3O2S/c1-7(17)13(18)14-9-5-8(3-4-10(9)27-22-14)24-12(25)6-11(16(19,20)21)23(2)15(24)26/h3-7,13H,1-2H3/t7-,13+/m1/s1. The number of aromatic nitrogens is 3. The minimum atomic E-state index is -4.80. The normalized spacial score (nSPS) is 14.5. The van der Waals surface area contributed by atoms with Crippen molar-refractivity contribution in [3.05, 3.63) is 56.5 Å². The van der Waals surface area contributed by atoms with E-state index < -0.39 is 23.1 Å². The van der Waals surface area contributed by atoms with Crippen molar-refractivity contribution >= 4 is 53.5 Å². The molecule has 2 atom stereocenters. The lowest BCUT2D eigenvalue weighted by atomic mass is 10.1. The van der Waals surface area contributed by atoms with Crippen molar-refractivity contribution in [2.75, 3.05) is 0 Å². The maximum Gasteiger partial charge on any atom is 0.431 e. The number of hydrogen-bond acceptors (Lipinski definition) is 4. The summed E-state index contributed by atoms with van der Waals surface area (Å²) in [6.07, 6.45) is -4.80. The number of benzene rings is 1. The predicted octanol–water partition coefficient (Wildman–Crippen LogP) is 4.38. The Bertz CT molecular complexity index is 1130. The molecule has 144 valence electrons. The van der Waals surface area contributed by atoms with Crippen molar-refractivity contribution in [2.24, 2.45) is 7.05 Å². The molecule has 1 aromatic carbocycles. The summed E-state index contributed by atoms with van der Waals surface area (Å²) in [4.78, 5) is 24.7. The molecular weight excluding hydrogens is 515 g/mol. The highest BCUT2D eigenvalue weighted by atomic mass is 79.9. The summed E-state index contributed by atoms with van der Waals surface area (Å²) in [5.74, 6) is 0. The number of hydrogen-bond donors (Lipinski definition) is 0. The molecule has 5 nitrogen and oxygen atoms in total. The van der Waals surface area contributed by atoms with Gasteiger partial charge in [-0.05, 0) is 29.7 Å². The maximum atomic E-state index is 13.0. The van der Waals surface area contributed by atoms with Gasteiger partial charge in [0.05, 0.1) is 20.9 Å². The average molecular weight is 527 g/mol. The summed E-state index contributed by atoms with van der Waals surface area (Å²) in [7, 11) is 0.984. The molecule has 27 heavy (non-hydrogen) atoms. The molecule has 0 saturated heterocycles. The van der Waals surface area contributed by atoms with Gasteiger partial charge in [-0.25, -0.2) is 9.36 Å². The number of fused-ring (bicyclic) bond motifs is 1. The third-order valence-electron chi connectivity index (χ3n) is 4.01. The van der Waals surface area contributed by atoms with E-state index in [1.54, 1.807) is 12.1 Å². The Morgan fingerprint density at radius 2 is 1.85 bits per heavy atom. The van der Waals surface area contributed by atoms with E-state index >= 15 is 0 Å². The average Bonchev–Trinajstić information content (AvgIpc) is 2.99. The lowest BCUT2D eigenvalue weighted by molar-refractivity contribution is -0.144. The second-order valence-corrected chi connectivity index (χ2v) is 9.11. The van der Waals surface area contributed by atoms with Gasteiger partial charge < -0.3 is 0 Å². The van der Waals surface area contributed by atoms with E-state index in [1.165, 1.54) is 17.6 Å². The van der Waals surface area contributed by atoms with Crippen LogP contribution in [0.1, 0.15) is 23.1 Å². The summed E-state index contributed by atoms with van der Waals surface area (Å²) in [6.45, 7) is 1.94. The van der Waals surface area contributed by atoms with Gasteiger partial charge in [-0.2, -0.15) is 17.5 Å². The zero-order valence-electron chi connectivity index (χ0n) is 13.9. The van der Waals surface area contributed by atoms with E-state index in [9.17, 15) is 22.8 Å². The van der Waals surface area contributed by atoms with E-state index in [0.29, 0.717) is 10.6 Å². The molecule has 2 heterocycles. The zero-order chi connectivity index (χ0) is 20.1. The molecule has 3 aromatic rings. The van der Waals surface area contributed by atoms with Crippen LogP contribution in [0.4, 0.5) is 13.2 Å². The molecule has 0 saturated carbocycles. The van der Waals surface area contributed by atoms with Gasteiger partial charge in [0.25, 0.3) is 5.56 Å². The highest BCUT2D eigenvalue weighted by Crippen LogP contribution is 2.37. The van der Waals surface area contributed by atoms with Crippen LogP contribution in [0.25, 0.3) is 15.8 Å². The lowest BCUT2D eigenvalue weighted by Crippen LogP contribution is -2.40. The van der Waals surface area contributed by atoms with Crippen molar-refractivity contribution in [1.29, 1.82) is 0 Å². The topological polar surface area (TPSA) is 56.9 Å². The van der Waals surface area contributed by atoms with E-state index in [4.69, 9.17) is 0 Å². The minimum absolute atomic E-state index is 0.0631. The Hall–Kier alpha value is -1.46. The van der Waals surface area contributed by atoms with Gasteiger partial charge in [-0.15, -0.1) is 0 Å².